The molecule has 3 heterocycles. The van der Waals surface area contributed by atoms with E-state index >= 15 is 0 Å². The fourth-order valence-electron chi connectivity index (χ4n) is 4.73. The molecule has 5 atom stereocenters. The first kappa shape index (κ1) is 15.9. The van der Waals surface area contributed by atoms with Gasteiger partial charge in [-0.3, -0.25) is 14.5 Å². The van der Waals surface area contributed by atoms with Crippen molar-refractivity contribution >= 4 is 23.6 Å². The van der Waals surface area contributed by atoms with Crippen molar-refractivity contribution < 1.29 is 18.9 Å². The van der Waals surface area contributed by atoms with Crippen LogP contribution in [0.1, 0.15) is 17.2 Å². The van der Waals surface area contributed by atoms with Crippen molar-refractivity contribution in [1.29, 1.82) is 5.26 Å². The van der Waals surface area contributed by atoms with Gasteiger partial charge in [0.2, 0.25) is 11.8 Å². The van der Waals surface area contributed by atoms with E-state index in [1.165, 1.54) is 24.3 Å². The van der Waals surface area contributed by atoms with E-state index in [0.717, 1.165) is 20.9 Å². The van der Waals surface area contributed by atoms with Crippen molar-refractivity contribution in [3.8, 4) is 6.07 Å². The highest BCUT2D eigenvalue weighted by atomic mass is 19.1. The predicted molar refractivity (Wildman–Crippen MR) is 94.5 cm³/mol. The highest BCUT2D eigenvalue weighted by molar-refractivity contribution is 6.22. The number of benzene rings is 2. The Kier molecular flexibility index (Phi) is 3.30. The van der Waals surface area contributed by atoms with E-state index in [1.54, 1.807) is 0 Å². The Morgan fingerprint density at radius 3 is 2.44 bits per heavy atom. The first-order valence-electron chi connectivity index (χ1n) is 8.78. The number of rotatable bonds is 1. The van der Waals surface area contributed by atoms with Crippen molar-refractivity contribution in [1.82, 2.24) is 0 Å². The molecule has 0 saturated carbocycles. The maximum absolute atomic E-state index is 13.3. The van der Waals surface area contributed by atoms with Gasteiger partial charge >= 0.3 is 0 Å². The number of fused-ring (bicyclic) bond motifs is 5. The van der Waals surface area contributed by atoms with Gasteiger partial charge in [0.05, 0.1) is 11.9 Å². The summed E-state index contributed by atoms with van der Waals surface area (Å²) in [5, 5.41) is 9.76. The van der Waals surface area contributed by atoms with Gasteiger partial charge in [0.25, 0.3) is 0 Å². The molecule has 0 radical (unpaired) electrons. The molecule has 1 unspecified atom stereocenters. The largest absolute Gasteiger partial charge is 0.287 e. The second kappa shape index (κ2) is 5.60. The average molecular weight is 360 g/mol. The van der Waals surface area contributed by atoms with Crippen LogP contribution in [0.25, 0.3) is 6.08 Å². The predicted octanol–water partition coefficient (Wildman–Crippen LogP) is 1.45. The van der Waals surface area contributed by atoms with Crippen molar-refractivity contribution in [2.45, 2.75) is 12.1 Å². The summed E-state index contributed by atoms with van der Waals surface area (Å²) in [6, 6.07) is 14.4. The smallest absolute Gasteiger partial charge is 0.245 e. The van der Waals surface area contributed by atoms with Gasteiger partial charge in [0.15, 0.2) is 6.04 Å². The zero-order chi connectivity index (χ0) is 18.7. The number of halogens is 1. The Morgan fingerprint density at radius 2 is 1.70 bits per heavy atom. The van der Waals surface area contributed by atoms with Crippen LogP contribution in [0.2, 0.25) is 0 Å². The first-order valence-corrected chi connectivity index (χ1v) is 8.78. The quantitative estimate of drug-likeness (QED) is 0.783. The molecule has 2 fully saturated rings. The number of quaternary nitrogens is 1. The van der Waals surface area contributed by atoms with Crippen LogP contribution >= 0.6 is 0 Å². The number of anilines is 1. The third-order valence-corrected chi connectivity index (χ3v) is 5.84. The molecule has 6 heteroatoms. The van der Waals surface area contributed by atoms with E-state index in [0.29, 0.717) is 5.69 Å². The average Bonchev–Trinajstić information content (AvgIpc) is 3.15. The molecule has 3 aliphatic rings. The summed E-state index contributed by atoms with van der Waals surface area (Å²) in [5.74, 6) is -2.44. The van der Waals surface area contributed by atoms with Crippen LogP contribution in [-0.2, 0) is 9.59 Å². The Morgan fingerprint density at radius 1 is 1.00 bits per heavy atom. The molecule has 5 nitrogen and oxygen atoms in total. The van der Waals surface area contributed by atoms with E-state index < -0.39 is 23.7 Å². The molecule has 0 spiro atoms. The van der Waals surface area contributed by atoms with Crippen molar-refractivity contribution in [2.75, 3.05) is 4.90 Å². The molecule has 2 aromatic rings. The highest BCUT2D eigenvalue weighted by Crippen LogP contribution is 2.44. The molecule has 132 valence electrons. The first-order chi connectivity index (χ1) is 13.1. The molecule has 5 rings (SSSR count). The van der Waals surface area contributed by atoms with Crippen LogP contribution in [0.15, 0.2) is 54.7 Å². The summed E-state index contributed by atoms with van der Waals surface area (Å²) in [6.45, 7) is 0. The summed E-state index contributed by atoms with van der Waals surface area (Å²) in [5.41, 5.74) is 2.33. The Bertz CT molecular complexity index is 1040. The highest BCUT2D eigenvalue weighted by Gasteiger charge is 2.66. The van der Waals surface area contributed by atoms with E-state index in [2.05, 4.69) is 6.07 Å². The monoisotopic (exact) mass is 360 g/mol. The van der Waals surface area contributed by atoms with Crippen LogP contribution in [0.4, 0.5) is 10.1 Å². The molecule has 2 saturated heterocycles. The lowest BCUT2D eigenvalue weighted by Gasteiger charge is -2.28. The fraction of sp³-hybridized carbons (Fsp3) is 0.190. The number of amides is 2. The normalized spacial score (nSPS) is 30.7. The molecule has 0 aliphatic carbocycles. The van der Waals surface area contributed by atoms with Crippen molar-refractivity contribution in [2.24, 2.45) is 11.8 Å². The molecule has 2 aromatic carbocycles. The summed E-state index contributed by atoms with van der Waals surface area (Å²) in [4.78, 5) is 28.4. The standard InChI is InChI=1S/C21H14FN3O2/c22-13-5-7-14(8-6-13)25-20(26)17-16(11-23)24-10-9-12-3-1-2-4-15(12)19(24)18(17)21(25)27/h1-10,16-19H/p+1/t16-,17+,18+,19-/m1/s1. The molecule has 2 amide bonds. The van der Waals surface area contributed by atoms with Gasteiger partial charge in [-0.05, 0) is 35.9 Å². The molecule has 1 N–H and O–H groups in total. The number of carbonyl (C=O) groups is 2. The molecule has 3 aliphatic heterocycles. The van der Waals surface area contributed by atoms with Gasteiger partial charge in [-0.2, -0.15) is 5.26 Å². The Balaban J connectivity index is 1.63. The number of imide groups is 1. The summed E-state index contributed by atoms with van der Waals surface area (Å²) in [7, 11) is 0. The van der Waals surface area contributed by atoms with Crippen LogP contribution in [0.5, 0.6) is 0 Å². The van der Waals surface area contributed by atoms with Gasteiger partial charge < -0.3 is 0 Å². The van der Waals surface area contributed by atoms with Crippen LogP contribution in [0.3, 0.4) is 0 Å². The number of nitriles is 1. The minimum Gasteiger partial charge on any atom is -0.287 e. The summed E-state index contributed by atoms with van der Waals surface area (Å²) in [6.07, 6.45) is 3.83. The second-order valence-electron chi connectivity index (χ2n) is 7.09. The zero-order valence-electron chi connectivity index (χ0n) is 14.2. The van der Waals surface area contributed by atoms with Crippen molar-refractivity contribution in [3.05, 3.63) is 71.7 Å². The van der Waals surface area contributed by atoms with Gasteiger partial charge in [-0.25, -0.2) is 9.29 Å². The third-order valence-electron chi connectivity index (χ3n) is 5.84. The minimum atomic E-state index is -0.705. The molecule has 0 aromatic heterocycles. The Hall–Kier alpha value is -3.30. The zero-order valence-corrected chi connectivity index (χ0v) is 14.2. The topological polar surface area (TPSA) is 65.6 Å². The van der Waals surface area contributed by atoms with E-state index in [4.69, 9.17) is 0 Å². The number of hydrogen-bond acceptors (Lipinski definition) is 3. The van der Waals surface area contributed by atoms with Crippen LogP contribution in [-0.4, -0.2) is 17.9 Å². The SMILES string of the molecule is N#C[C@@H]1[C@@H]2C(=O)N(c3ccc(F)cc3)C(=O)[C@@H]2[C@H]2c3ccccc3C=C[NH+]12. The lowest BCUT2D eigenvalue weighted by Crippen LogP contribution is -3.10. The fourth-order valence-corrected chi connectivity index (χ4v) is 4.73. The molecule has 0 bridgehead atoms. The Labute approximate surface area is 154 Å². The number of carbonyl (C=O) groups excluding carboxylic acids is 2. The number of nitrogens with one attached hydrogen (secondary N) is 1. The lowest BCUT2D eigenvalue weighted by molar-refractivity contribution is -0.885. The number of hydrogen-bond donors (Lipinski definition) is 1. The second-order valence-corrected chi connectivity index (χ2v) is 7.09. The van der Waals surface area contributed by atoms with E-state index in [-0.39, 0.29) is 17.9 Å². The summed E-state index contributed by atoms with van der Waals surface area (Å²) >= 11 is 0. The van der Waals surface area contributed by atoms with Gasteiger partial charge in [0, 0.05) is 5.56 Å². The van der Waals surface area contributed by atoms with Gasteiger partial charge in [0.1, 0.15) is 29.8 Å². The molecular weight excluding hydrogens is 345 g/mol. The maximum atomic E-state index is 13.3. The van der Waals surface area contributed by atoms with Gasteiger partial charge in [-0.15, -0.1) is 0 Å². The van der Waals surface area contributed by atoms with E-state index in [9.17, 15) is 19.2 Å². The molecular formula is C21H15FN3O2+. The summed E-state index contributed by atoms with van der Waals surface area (Å²) < 4.78 is 13.3. The van der Waals surface area contributed by atoms with E-state index in [1.807, 2.05) is 36.5 Å². The van der Waals surface area contributed by atoms with Crippen LogP contribution in [0, 0.1) is 29.0 Å². The van der Waals surface area contributed by atoms with Gasteiger partial charge in [-0.1, -0.05) is 24.3 Å². The maximum Gasteiger partial charge on any atom is 0.245 e. The molecule has 27 heavy (non-hydrogen) atoms. The number of nitrogens with zero attached hydrogens (tertiary/aromatic N) is 2. The third kappa shape index (κ3) is 2.06. The minimum absolute atomic E-state index is 0.275. The van der Waals surface area contributed by atoms with Crippen LogP contribution < -0.4 is 9.80 Å². The lowest BCUT2D eigenvalue weighted by atomic mass is 9.85. The van der Waals surface area contributed by atoms with Crippen molar-refractivity contribution in [3.63, 3.8) is 0 Å².